The van der Waals surface area contributed by atoms with Crippen molar-refractivity contribution in [2.45, 2.75) is 32.6 Å². The third kappa shape index (κ3) is 3.95. The summed E-state index contributed by atoms with van der Waals surface area (Å²) < 4.78 is 0. The van der Waals surface area contributed by atoms with Crippen LogP contribution in [0.1, 0.15) is 32.6 Å². The van der Waals surface area contributed by atoms with Crippen LogP contribution in [0.5, 0.6) is 0 Å². The Balaban J connectivity index is 1.70. The third-order valence-corrected chi connectivity index (χ3v) is 4.06. The molecule has 112 valence electrons. The van der Waals surface area contributed by atoms with E-state index in [0.29, 0.717) is 25.4 Å². The maximum absolute atomic E-state index is 12.0. The van der Waals surface area contributed by atoms with Crippen LogP contribution in [0.2, 0.25) is 0 Å². The molecule has 1 saturated heterocycles. The van der Waals surface area contributed by atoms with Crippen molar-refractivity contribution in [3.8, 4) is 0 Å². The average Bonchev–Trinajstić information content (AvgIpc) is 3.12. The van der Waals surface area contributed by atoms with Crippen molar-refractivity contribution >= 4 is 17.8 Å². The molecular weight excluding hydrogens is 260 g/mol. The number of rotatable bonds is 7. The molecule has 20 heavy (non-hydrogen) atoms. The molecule has 2 atom stereocenters. The molecule has 6 heteroatoms. The second kappa shape index (κ2) is 6.24. The van der Waals surface area contributed by atoms with E-state index in [4.69, 9.17) is 5.11 Å². The summed E-state index contributed by atoms with van der Waals surface area (Å²) in [7, 11) is 0. The van der Waals surface area contributed by atoms with Crippen LogP contribution in [-0.4, -0.2) is 47.4 Å². The summed E-state index contributed by atoms with van der Waals surface area (Å²) in [6.07, 6.45) is 3.07. The van der Waals surface area contributed by atoms with Gasteiger partial charge < -0.3 is 15.3 Å². The van der Waals surface area contributed by atoms with E-state index in [1.54, 1.807) is 11.8 Å². The van der Waals surface area contributed by atoms with Crippen molar-refractivity contribution in [3.63, 3.8) is 0 Å². The number of carbonyl (C=O) groups is 3. The van der Waals surface area contributed by atoms with E-state index < -0.39 is 11.9 Å². The lowest BCUT2D eigenvalue weighted by atomic mass is 10.1. The molecule has 1 heterocycles. The van der Waals surface area contributed by atoms with Gasteiger partial charge in [-0.3, -0.25) is 14.4 Å². The van der Waals surface area contributed by atoms with Gasteiger partial charge >= 0.3 is 5.97 Å². The number of hydrogen-bond donors (Lipinski definition) is 2. The maximum atomic E-state index is 12.0. The zero-order valence-electron chi connectivity index (χ0n) is 11.8. The highest BCUT2D eigenvalue weighted by Crippen LogP contribution is 2.31. The van der Waals surface area contributed by atoms with Crippen LogP contribution in [0.15, 0.2) is 0 Å². The highest BCUT2D eigenvalue weighted by molar-refractivity contribution is 5.89. The Kier molecular flexibility index (Phi) is 4.62. The zero-order chi connectivity index (χ0) is 14.7. The van der Waals surface area contributed by atoms with Crippen LogP contribution < -0.4 is 5.32 Å². The predicted octanol–water partition coefficient (Wildman–Crippen LogP) is 0.472. The van der Waals surface area contributed by atoms with Crippen molar-refractivity contribution in [1.29, 1.82) is 0 Å². The van der Waals surface area contributed by atoms with Gasteiger partial charge in [0.15, 0.2) is 0 Å². The second-order valence-electron chi connectivity index (χ2n) is 5.96. The number of aliphatic carboxylic acids is 1. The Morgan fingerprint density at radius 1 is 1.45 bits per heavy atom. The van der Waals surface area contributed by atoms with E-state index in [-0.39, 0.29) is 24.2 Å². The normalized spacial score (nSPS) is 23.8. The number of nitrogens with zero attached hydrogens (tertiary/aromatic N) is 1. The summed E-state index contributed by atoms with van der Waals surface area (Å²) in [4.78, 5) is 36.2. The molecule has 2 unspecified atom stereocenters. The fourth-order valence-corrected chi connectivity index (χ4v) is 2.42. The molecule has 0 radical (unpaired) electrons. The van der Waals surface area contributed by atoms with E-state index >= 15 is 0 Å². The largest absolute Gasteiger partial charge is 0.481 e. The molecule has 0 bridgehead atoms. The maximum Gasteiger partial charge on any atom is 0.306 e. The highest BCUT2D eigenvalue weighted by atomic mass is 16.4. The van der Waals surface area contributed by atoms with Gasteiger partial charge in [0.1, 0.15) is 0 Å². The van der Waals surface area contributed by atoms with Crippen LogP contribution in [0.25, 0.3) is 0 Å². The summed E-state index contributed by atoms with van der Waals surface area (Å²) in [6.45, 7) is 3.26. The fourth-order valence-electron chi connectivity index (χ4n) is 2.42. The molecule has 6 nitrogen and oxygen atoms in total. The van der Waals surface area contributed by atoms with Crippen LogP contribution >= 0.6 is 0 Å². The van der Waals surface area contributed by atoms with Gasteiger partial charge in [0.05, 0.1) is 11.8 Å². The van der Waals surface area contributed by atoms with Gasteiger partial charge in [-0.25, -0.2) is 0 Å². The Morgan fingerprint density at radius 3 is 2.75 bits per heavy atom. The predicted molar refractivity (Wildman–Crippen MR) is 71.8 cm³/mol. The lowest BCUT2D eigenvalue weighted by Gasteiger charge is -2.16. The molecule has 0 spiro atoms. The Bertz CT molecular complexity index is 406. The number of hydrogen-bond acceptors (Lipinski definition) is 3. The molecule has 0 aromatic carbocycles. The zero-order valence-corrected chi connectivity index (χ0v) is 11.8. The first kappa shape index (κ1) is 14.8. The summed E-state index contributed by atoms with van der Waals surface area (Å²) >= 11 is 0. The van der Waals surface area contributed by atoms with Gasteiger partial charge in [-0.15, -0.1) is 0 Å². The van der Waals surface area contributed by atoms with Gasteiger partial charge in [-0.2, -0.15) is 0 Å². The fraction of sp³-hybridized carbons (Fsp3) is 0.786. The van der Waals surface area contributed by atoms with Crippen molar-refractivity contribution in [2.24, 2.45) is 17.8 Å². The molecule has 1 aliphatic heterocycles. The summed E-state index contributed by atoms with van der Waals surface area (Å²) in [5.74, 6) is -1.03. The molecule has 2 aliphatic rings. The molecule has 2 rings (SSSR count). The minimum atomic E-state index is -0.856. The summed E-state index contributed by atoms with van der Waals surface area (Å²) in [6, 6.07) is 0. The minimum Gasteiger partial charge on any atom is -0.481 e. The van der Waals surface area contributed by atoms with E-state index in [2.05, 4.69) is 5.32 Å². The molecule has 1 saturated carbocycles. The number of carboxylic acid groups (broad SMARTS) is 1. The first-order valence-corrected chi connectivity index (χ1v) is 7.25. The molecule has 2 fully saturated rings. The molecule has 1 aliphatic carbocycles. The summed E-state index contributed by atoms with van der Waals surface area (Å²) in [5.41, 5.74) is 0. The van der Waals surface area contributed by atoms with Gasteiger partial charge in [0, 0.05) is 26.1 Å². The van der Waals surface area contributed by atoms with Crippen LogP contribution in [0, 0.1) is 17.8 Å². The SMILES string of the molecule is CC(CCNC(=O)C1CC(=O)N(CC2CC2)C1)C(=O)O. The monoisotopic (exact) mass is 282 g/mol. The Hall–Kier alpha value is -1.59. The summed E-state index contributed by atoms with van der Waals surface area (Å²) in [5, 5.41) is 11.5. The molecule has 0 aromatic rings. The van der Waals surface area contributed by atoms with Gasteiger partial charge in [0.25, 0.3) is 0 Å². The smallest absolute Gasteiger partial charge is 0.306 e. The standard InChI is InChI=1S/C14H22N2O4/c1-9(14(19)20)4-5-15-13(18)11-6-12(17)16(8-11)7-10-2-3-10/h9-11H,2-8H2,1H3,(H,15,18)(H,19,20). The molecular formula is C14H22N2O4. The number of carboxylic acids is 1. The highest BCUT2D eigenvalue weighted by Gasteiger charge is 2.36. The van der Waals surface area contributed by atoms with E-state index in [1.807, 2.05) is 0 Å². The van der Waals surface area contributed by atoms with E-state index in [9.17, 15) is 14.4 Å². The topological polar surface area (TPSA) is 86.7 Å². The third-order valence-electron chi connectivity index (χ3n) is 4.06. The Labute approximate surface area is 118 Å². The first-order chi connectivity index (χ1) is 9.47. The number of likely N-dealkylation sites (tertiary alicyclic amines) is 1. The van der Waals surface area contributed by atoms with Crippen molar-refractivity contribution in [1.82, 2.24) is 10.2 Å². The quantitative estimate of drug-likeness (QED) is 0.710. The van der Waals surface area contributed by atoms with E-state index in [1.165, 1.54) is 12.8 Å². The van der Waals surface area contributed by atoms with E-state index in [0.717, 1.165) is 6.54 Å². The minimum absolute atomic E-state index is 0.0657. The van der Waals surface area contributed by atoms with Crippen LogP contribution in [-0.2, 0) is 14.4 Å². The Morgan fingerprint density at radius 2 is 2.15 bits per heavy atom. The van der Waals surface area contributed by atoms with Crippen molar-refractivity contribution in [2.75, 3.05) is 19.6 Å². The van der Waals surface area contributed by atoms with Crippen LogP contribution in [0.3, 0.4) is 0 Å². The van der Waals surface area contributed by atoms with Gasteiger partial charge in [-0.05, 0) is 25.2 Å². The van der Waals surface area contributed by atoms with Crippen LogP contribution in [0.4, 0.5) is 0 Å². The average molecular weight is 282 g/mol. The lowest BCUT2D eigenvalue weighted by molar-refractivity contribution is -0.141. The number of carbonyl (C=O) groups excluding carboxylic acids is 2. The first-order valence-electron chi connectivity index (χ1n) is 7.25. The lowest BCUT2D eigenvalue weighted by Crippen LogP contribution is -2.34. The van der Waals surface area contributed by atoms with Gasteiger partial charge in [-0.1, -0.05) is 6.92 Å². The van der Waals surface area contributed by atoms with Gasteiger partial charge in [0.2, 0.25) is 11.8 Å². The number of nitrogens with one attached hydrogen (secondary N) is 1. The molecule has 0 aromatic heterocycles. The number of amides is 2. The second-order valence-corrected chi connectivity index (χ2v) is 5.96. The van der Waals surface area contributed by atoms with Crippen molar-refractivity contribution < 1.29 is 19.5 Å². The van der Waals surface area contributed by atoms with Crippen molar-refractivity contribution in [3.05, 3.63) is 0 Å². The molecule has 2 amide bonds. The molecule has 2 N–H and O–H groups in total.